The summed E-state index contributed by atoms with van der Waals surface area (Å²) >= 11 is 0. The highest BCUT2D eigenvalue weighted by Gasteiger charge is 2.28. The molecular weight excluding hydrogens is 323 g/mol. The third kappa shape index (κ3) is 3.44. The van der Waals surface area contributed by atoms with Gasteiger partial charge in [-0.3, -0.25) is 4.57 Å². The largest absolute Gasteiger partial charge is 0.336 e. The molecule has 2 aromatic carbocycles. The monoisotopic (exact) mass is 344 g/mol. The molecule has 126 valence electrons. The topological polar surface area (TPSA) is 53.3 Å². The maximum atomic E-state index is 13.0. The molecule has 3 rings (SSSR count). The number of benzene rings is 2. The summed E-state index contributed by atoms with van der Waals surface area (Å²) in [5, 5.41) is 5.63. The van der Waals surface area contributed by atoms with E-state index in [1.165, 1.54) is 0 Å². The van der Waals surface area contributed by atoms with E-state index in [1.807, 2.05) is 73.1 Å². The number of fused-ring (bicyclic) bond motifs is 1. The first-order valence-electron chi connectivity index (χ1n) is 8.07. The van der Waals surface area contributed by atoms with E-state index in [0.717, 1.165) is 22.3 Å². The second kappa shape index (κ2) is 7.31. The Hall–Kier alpha value is -1.94. The number of aromatic nitrogens is 2. The normalized spacial score (nSPS) is 11.9. The van der Waals surface area contributed by atoms with Gasteiger partial charge in [-0.15, -0.1) is 0 Å². The van der Waals surface area contributed by atoms with Crippen LogP contribution >= 0.6 is 7.60 Å². The van der Waals surface area contributed by atoms with E-state index in [2.05, 4.69) is 5.10 Å². The Morgan fingerprint density at radius 3 is 2.25 bits per heavy atom. The summed E-state index contributed by atoms with van der Waals surface area (Å²) in [6.45, 7) is 4.32. The van der Waals surface area contributed by atoms with Gasteiger partial charge in [0, 0.05) is 5.39 Å². The van der Waals surface area contributed by atoms with E-state index < -0.39 is 7.60 Å². The molecule has 3 aromatic rings. The molecule has 0 amide bonds. The Bertz CT molecular complexity index is 851. The minimum Gasteiger partial charge on any atom is -0.309 e. The van der Waals surface area contributed by atoms with E-state index in [9.17, 15) is 4.57 Å². The lowest BCUT2D eigenvalue weighted by atomic mass is 10.2. The quantitative estimate of drug-likeness (QED) is 0.578. The van der Waals surface area contributed by atoms with Gasteiger partial charge < -0.3 is 9.05 Å². The van der Waals surface area contributed by atoms with Gasteiger partial charge in [-0.1, -0.05) is 36.4 Å². The van der Waals surface area contributed by atoms with E-state index in [1.54, 1.807) is 0 Å². The molecule has 0 aliphatic carbocycles. The summed E-state index contributed by atoms with van der Waals surface area (Å²) in [5.74, 6) is 0. The molecule has 0 atom stereocenters. The van der Waals surface area contributed by atoms with Crippen LogP contribution in [0.2, 0.25) is 0 Å². The molecule has 6 heteroatoms. The highest BCUT2D eigenvalue weighted by molar-refractivity contribution is 7.53. The lowest BCUT2D eigenvalue weighted by Crippen LogP contribution is -2.06. The van der Waals surface area contributed by atoms with Crippen LogP contribution in [0.25, 0.3) is 16.6 Å². The molecule has 0 unspecified atom stereocenters. The Labute approximate surface area is 141 Å². The fourth-order valence-electron chi connectivity index (χ4n) is 2.73. The smallest absolute Gasteiger partial charge is 0.309 e. The molecule has 0 aliphatic rings. The van der Waals surface area contributed by atoms with Crippen molar-refractivity contribution in [3.63, 3.8) is 0 Å². The van der Waals surface area contributed by atoms with Crippen molar-refractivity contribution in [2.75, 3.05) is 13.2 Å². The minimum atomic E-state index is -3.22. The fourth-order valence-corrected chi connectivity index (χ4v) is 4.44. The molecule has 0 fully saturated rings. The predicted molar refractivity (Wildman–Crippen MR) is 95.6 cm³/mol. The lowest BCUT2D eigenvalue weighted by molar-refractivity contribution is 0.219. The molecule has 0 saturated heterocycles. The molecule has 0 aliphatic heterocycles. The van der Waals surface area contributed by atoms with Crippen LogP contribution in [-0.4, -0.2) is 23.0 Å². The Balaban J connectivity index is 2.13. The minimum absolute atomic E-state index is 0.185. The SMILES string of the molecule is CCOP(=O)(Cc1c2ccccc2nn1-c1ccccc1)OCC. The van der Waals surface area contributed by atoms with Crippen molar-refractivity contribution in [3.8, 4) is 5.69 Å². The molecule has 0 radical (unpaired) electrons. The zero-order chi connectivity index (χ0) is 17.0. The summed E-state index contributed by atoms with van der Waals surface area (Å²) in [7, 11) is -3.22. The predicted octanol–water partition coefficient (Wildman–Crippen LogP) is 4.79. The third-order valence-corrected chi connectivity index (χ3v) is 5.66. The summed E-state index contributed by atoms with van der Waals surface area (Å²) in [5.41, 5.74) is 2.61. The van der Waals surface area contributed by atoms with Gasteiger partial charge in [-0.2, -0.15) is 5.10 Å². The van der Waals surface area contributed by atoms with Crippen LogP contribution in [0.5, 0.6) is 0 Å². The number of hydrogen-bond donors (Lipinski definition) is 0. The average molecular weight is 344 g/mol. The van der Waals surface area contributed by atoms with E-state index >= 15 is 0 Å². The Kier molecular flexibility index (Phi) is 5.14. The van der Waals surface area contributed by atoms with Crippen LogP contribution in [0.3, 0.4) is 0 Å². The van der Waals surface area contributed by atoms with Gasteiger partial charge in [0.2, 0.25) is 0 Å². The van der Waals surface area contributed by atoms with Crippen molar-refractivity contribution in [2.24, 2.45) is 0 Å². The fraction of sp³-hybridized carbons (Fsp3) is 0.278. The van der Waals surface area contributed by atoms with Crippen molar-refractivity contribution in [1.29, 1.82) is 0 Å². The van der Waals surface area contributed by atoms with Gasteiger partial charge in [0.25, 0.3) is 0 Å². The summed E-state index contributed by atoms with van der Waals surface area (Å²) in [4.78, 5) is 0. The summed E-state index contributed by atoms with van der Waals surface area (Å²) < 4.78 is 25.8. The number of para-hydroxylation sites is 1. The maximum Gasteiger partial charge on any atom is 0.336 e. The third-order valence-electron chi connectivity index (χ3n) is 3.67. The molecular formula is C18H21N2O3P. The molecule has 5 nitrogen and oxygen atoms in total. The van der Waals surface area contributed by atoms with Crippen LogP contribution in [0, 0.1) is 0 Å². The van der Waals surface area contributed by atoms with Gasteiger partial charge in [0.05, 0.1) is 36.3 Å². The maximum absolute atomic E-state index is 13.0. The van der Waals surface area contributed by atoms with Crippen molar-refractivity contribution >= 4 is 18.5 Å². The van der Waals surface area contributed by atoms with Crippen LogP contribution in [0.4, 0.5) is 0 Å². The number of nitrogens with zero attached hydrogens (tertiary/aromatic N) is 2. The van der Waals surface area contributed by atoms with E-state index in [-0.39, 0.29) is 6.16 Å². The molecule has 0 N–H and O–H groups in total. The standard InChI is InChI=1S/C18H21N2O3P/c1-3-22-24(21,23-4-2)14-18-16-12-8-9-13-17(16)19-20(18)15-10-6-5-7-11-15/h5-13H,3-4,14H2,1-2H3. The zero-order valence-electron chi connectivity index (χ0n) is 13.9. The van der Waals surface area contributed by atoms with E-state index in [4.69, 9.17) is 9.05 Å². The van der Waals surface area contributed by atoms with Crippen molar-refractivity contribution in [1.82, 2.24) is 9.78 Å². The van der Waals surface area contributed by atoms with Crippen molar-refractivity contribution in [3.05, 3.63) is 60.3 Å². The highest BCUT2D eigenvalue weighted by Crippen LogP contribution is 2.52. The van der Waals surface area contributed by atoms with Crippen molar-refractivity contribution in [2.45, 2.75) is 20.0 Å². The lowest BCUT2D eigenvalue weighted by Gasteiger charge is -2.18. The second-order valence-electron chi connectivity index (χ2n) is 5.32. The zero-order valence-corrected chi connectivity index (χ0v) is 14.8. The first-order chi connectivity index (χ1) is 11.7. The average Bonchev–Trinajstić information content (AvgIpc) is 2.94. The Morgan fingerprint density at radius 2 is 1.58 bits per heavy atom. The highest BCUT2D eigenvalue weighted by atomic mass is 31.2. The van der Waals surface area contributed by atoms with Crippen LogP contribution < -0.4 is 0 Å². The first-order valence-corrected chi connectivity index (χ1v) is 9.80. The van der Waals surface area contributed by atoms with Gasteiger partial charge in [0.1, 0.15) is 0 Å². The molecule has 0 bridgehead atoms. The van der Waals surface area contributed by atoms with Crippen LogP contribution in [-0.2, 0) is 19.8 Å². The van der Waals surface area contributed by atoms with Crippen LogP contribution in [0.15, 0.2) is 54.6 Å². The number of hydrogen-bond acceptors (Lipinski definition) is 4. The first kappa shape index (κ1) is 16.9. The van der Waals surface area contributed by atoms with E-state index in [0.29, 0.717) is 13.2 Å². The summed E-state index contributed by atoms with van der Waals surface area (Å²) in [6, 6.07) is 17.6. The summed E-state index contributed by atoms with van der Waals surface area (Å²) in [6.07, 6.45) is 0.185. The van der Waals surface area contributed by atoms with Gasteiger partial charge in [-0.25, -0.2) is 4.68 Å². The number of rotatable bonds is 7. The molecule has 24 heavy (non-hydrogen) atoms. The Morgan fingerprint density at radius 1 is 0.958 bits per heavy atom. The van der Waals surface area contributed by atoms with Gasteiger partial charge in [0.15, 0.2) is 0 Å². The molecule has 1 aromatic heterocycles. The van der Waals surface area contributed by atoms with Gasteiger partial charge >= 0.3 is 7.60 Å². The molecule has 1 heterocycles. The van der Waals surface area contributed by atoms with Crippen molar-refractivity contribution < 1.29 is 13.6 Å². The van der Waals surface area contributed by atoms with Gasteiger partial charge in [-0.05, 0) is 32.0 Å². The van der Waals surface area contributed by atoms with Crippen LogP contribution in [0.1, 0.15) is 19.5 Å². The molecule has 0 spiro atoms. The second-order valence-corrected chi connectivity index (χ2v) is 7.37. The molecule has 0 saturated carbocycles.